The van der Waals surface area contributed by atoms with Crippen LogP contribution in [0.25, 0.3) is 0 Å². The Labute approximate surface area is 207 Å². The Balaban J connectivity index is 0.00000151. The summed E-state index contributed by atoms with van der Waals surface area (Å²) in [5.41, 5.74) is 3.21. The number of hydrogen-bond acceptors (Lipinski definition) is 2. The van der Waals surface area contributed by atoms with E-state index in [4.69, 9.17) is 18.6 Å². The molecule has 0 amide bonds. The van der Waals surface area contributed by atoms with Crippen LogP contribution in [0.15, 0.2) is 41.4 Å². The molecule has 0 saturated heterocycles. The van der Waals surface area contributed by atoms with Crippen molar-refractivity contribution >= 4 is 44.0 Å². The number of phenols is 1. The monoisotopic (exact) mass is 515 g/mol. The van der Waals surface area contributed by atoms with Crippen molar-refractivity contribution in [1.29, 1.82) is 0 Å². The average Bonchev–Trinajstić information content (AvgIpc) is 2.60. The zero-order chi connectivity index (χ0) is 24.0. The zero-order valence-corrected chi connectivity index (χ0v) is 24.3. The fourth-order valence-corrected chi connectivity index (χ4v) is 4.11. The van der Waals surface area contributed by atoms with Crippen LogP contribution in [0.5, 0.6) is 5.75 Å². The predicted molar refractivity (Wildman–Crippen MR) is 139 cm³/mol. The molecule has 0 radical (unpaired) electrons. The molecule has 0 aliphatic heterocycles. The van der Waals surface area contributed by atoms with Gasteiger partial charge in [-0.25, -0.2) is 0 Å². The molecule has 0 aliphatic carbocycles. The van der Waals surface area contributed by atoms with Crippen LogP contribution in [0.4, 0.5) is 0 Å². The third kappa shape index (κ3) is 9.57. The summed E-state index contributed by atoms with van der Waals surface area (Å²) in [5.74, 6) is 0.432. The molecule has 2 aromatic carbocycles. The Morgan fingerprint density at radius 1 is 0.871 bits per heavy atom. The topological polar surface area (TPSA) is 32.6 Å². The Morgan fingerprint density at radius 3 is 1.90 bits per heavy atom. The predicted octanol–water partition coefficient (Wildman–Crippen LogP) is 7.21. The number of hydrogen-bond donors (Lipinski definition) is 1. The van der Waals surface area contributed by atoms with Crippen molar-refractivity contribution in [3.8, 4) is 5.75 Å². The SMILES string of the molecule is CC(C)(C)N=Cc1ccccc1Pc1cc(C(C)(C)C)cc(C(C)(C)C)c1O.[Cl][Ti][Cl]. The molecular formula is C25H36Cl2NOPTi. The molecular weight excluding hydrogens is 480 g/mol. The van der Waals surface area contributed by atoms with Gasteiger partial charge < -0.3 is 5.11 Å². The minimum atomic E-state index is -0.556. The molecule has 0 heterocycles. The summed E-state index contributed by atoms with van der Waals surface area (Å²) < 4.78 is 0. The summed E-state index contributed by atoms with van der Waals surface area (Å²) in [7, 11) is 10.2. The molecule has 6 heteroatoms. The second kappa shape index (κ2) is 11.7. The normalized spacial score (nSPS) is 12.9. The van der Waals surface area contributed by atoms with Gasteiger partial charge in [0.05, 0.1) is 5.54 Å². The molecule has 0 saturated carbocycles. The Bertz CT molecular complexity index is 894. The van der Waals surface area contributed by atoms with E-state index < -0.39 is 17.0 Å². The van der Waals surface area contributed by atoms with Gasteiger partial charge in [0, 0.05) is 22.6 Å². The van der Waals surface area contributed by atoms with Crippen molar-refractivity contribution in [3.05, 3.63) is 53.1 Å². The molecule has 1 N–H and O–H groups in total. The first-order valence-electron chi connectivity index (χ1n) is 10.4. The van der Waals surface area contributed by atoms with Gasteiger partial charge in [-0.05, 0) is 48.5 Å². The Kier molecular flexibility index (Phi) is 10.8. The van der Waals surface area contributed by atoms with Crippen LogP contribution in [0.3, 0.4) is 0 Å². The van der Waals surface area contributed by atoms with Gasteiger partial charge in [0.25, 0.3) is 0 Å². The maximum absolute atomic E-state index is 11.1. The van der Waals surface area contributed by atoms with Crippen molar-refractivity contribution in [2.45, 2.75) is 78.7 Å². The molecule has 2 aromatic rings. The van der Waals surface area contributed by atoms with Crippen molar-refractivity contribution in [3.63, 3.8) is 0 Å². The van der Waals surface area contributed by atoms with Crippen LogP contribution in [-0.4, -0.2) is 16.9 Å². The number of halogens is 2. The summed E-state index contributed by atoms with van der Waals surface area (Å²) in [6.07, 6.45) is 1.97. The molecule has 0 fully saturated rings. The summed E-state index contributed by atoms with van der Waals surface area (Å²) in [4.78, 5) is 4.68. The Hall–Kier alpha value is -0.366. The van der Waals surface area contributed by atoms with Crippen molar-refractivity contribution in [1.82, 2.24) is 0 Å². The molecule has 0 aromatic heterocycles. The van der Waals surface area contributed by atoms with Crippen LogP contribution >= 0.6 is 27.2 Å². The first-order chi connectivity index (χ1) is 14.1. The average molecular weight is 516 g/mol. The summed E-state index contributed by atoms with van der Waals surface area (Å²) in [6, 6.07) is 12.7. The molecule has 31 heavy (non-hydrogen) atoms. The van der Waals surface area contributed by atoms with Crippen LogP contribution in [-0.2, 0) is 27.9 Å². The van der Waals surface area contributed by atoms with E-state index >= 15 is 0 Å². The zero-order valence-electron chi connectivity index (χ0n) is 20.2. The maximum atomic E-state index is 11.1. The van der Waals surface area contributed by atoms with E-state index in [1.807, 2.05) is 12.3 Å². The molecule has 0 aliphatic rings. The minimum absolute atomic E-state index is 0.0279. The number of aromatic hydroxyl groups is 1. The molecule has 0 bridgehead atoms. The number of benzene rings is 2. The Morgan fingerprint density at radius 2 is 1.42 bits per heavy atom. The van der Waals surface area contributed by atoms with Crippen molar-refractivity contribution in [2.75, 3.05) is 0 Å². The van der Waals surface area contributed by atoms with Gasteiger partial charge in [-0.1, -0.05) is 80.5 Å². The van der Waals surface area contributed by atoms with E-state index in [2.05, 4.69) is 97.6 Å². The molecule has 170 valence electrons. The first-order valence-corrected chi connectivity index (χ1v) is 15.7. The van der Waals surface area contributed by atoms with Crippen LogP contribution < -0.4 is 10.6 Å². The molecule has 2 nitrogen and oxygen atoms in total. The van der Waals surface area contributed by atoms with Gasteiger partial charge in [-0.15, -0.1) is 0 Å². The fraction of sp³-hybridized carbons (Fsp3) is 0.480. The van der Waals surface area contributed by atoms with Crippen molar-refractivity contribution < 1.29 is 22.1 Å². The quantitative estimate of drug-likeness (QED) is 0.261. The summed E-state index contributed by atoms with van der Waals surface area (Å²) in [5, 5.41) is 13.3. The molecule has 0 spiro atoms. The number of nitrogens with zero attached hydrogens (tertiary/aromatic N) is 1. The van der Waals surface area contributed by atoms with Crippen LogP contribution in [0.1, 0.15) is 79.0 Å². The second-order valence-electron chi connectivity index (χ2n) is 10.6. The van der Waals surface area contributed by atoms with Gasteiger partial charge in [-0.2, -0.15) is 0 Å². The van der Waals surface area contributed by atoms with Gasteiger partial charge >= 0.3 is 35.6 Å². The molecule has 1 unspecified atom stereocenters. The van der Waals surface area contributed by atoms with Gasteiger partial charge in [0.15, 0.2) is 0 Å². The van der Waals surface area contributed by atoms with Crippen LogP contribution in [0, 0.1) is 0 Å². The van der Waals surface area contributed by atoms with Crippen molar-refractivity contribution in [2.24, 2.45) is 4.99 Å². The second-order valence-corrected chi connectivity index (χ2v) is 14.5. The number of aliphatic imine (C=N–C) groups is 1. The third-order valence-electron chi connectivity index (χ3n) is 4.61. The van der Waals surface area contributed by atoms with Gasteiger partial charge in [-0.3, -0.25) is 4.99 Å². The van der Waals surface area contributed by atoms with E-state index in [9.17, 15) is 5.11 Å². The van der Waals surface area contributed by atoms with Gasteiger partial charge in [0.2, 0.25) is 0 Å². The molecule has 2 rings (SSSR count). The van der Waals surface area contributed by atoms with E-state index in [1.165, 1.54) is 10.9 Å². The standard InChI is InChI=1S/C25H36NOP.2ClH.Ti/c1-23(2,3)18-14-19(24(4,5)6)22(27)21(15-18)28-20-13-11-10-12-17(20)16-26-25(7,8)9;;;/h10-16,27-28H,1-9H3;2*1H;/q;;;+2/p-2. The first kappa shape index (κ1) is 28.7. The fourth-order valence-electron chi connectivity index (χ4n) is 2.87. The van der Waals surface area contributed by atoms with E-state index in [0.29, 0.717) is 14.3 Å². The third-order valence-corrected chi connectivity index (χ3v) is 5.98. The van der Waals surface area contributed by atoms with Gasteiger partial charge in [0.1, 0.15) is 5.75 Å². The number of phenolic OH excluding ortho intramolecular Hbond substituents is 1. The van der Waals surface area contributed by atoms with E-state index in [0.717, 1.165) is 16.4 Å². The molecule has 1 atom stereocenters. The summed E-state index contributed by atoms with van der Waals surface area (Å²) in [6.45, 7) is 19.4. The van der Waals surface area contributed by atoms with E-state index in [1.54, 1.807) is 0 Å². The van der Waals surface area contributed by atoms with E-state index in [-0.39, 0.29) is 16.4 Å². The number of rotatable bonds is 3. The van der Waals surface area contributed by atoms with Crippen LogP contribution in [0.2, 0.25) is 0 Å². The summed E-state index contributed by atoms with van der Waals surface area (Å²) >= 11 is -0.556.